The van der Waals surface area contributed by atoms with Gasteiger partial charge in [-0.1, -0.05) is 0 Å². The summed E-state index contributed by atoms with van der Waals surface area (Å²) in [6.07, 6.45) is 0.305. The highest BCUT2D eigenvalue weighted by molar-refractivity contribution is 5.95. The van der Waals surface area contributed by atoms with Crippen molar-refractivity contribution in [3.05, 3.63) is 29.3 Å². The monoisotopic (exact) mass is 291 g/mol. The molecule has 1 aromatic rings. The van der Waals surface area contributed by atoms with E-state index in [1.54, 1.807) is 23.1 Å². The van der Waals surface area contributed by atoms with E-state index in [-0.39, 0.29) is 11.8 Å². The second kappa shape index (κ2) is 7.08. The highest BCUT2D eigenvalue weighted by Crippen LogP contribution is 2.12. The quantitative estimate of drug-likeness (QED) is 0.794. The van der Waals surface area contributed by atoms with Crippen LogP contribution >= 0.6 is 0 Å². The maximum atomic E-state index is 12.0. The molecular formula is C15H21N3O3. The topological polar surface area (TPSA) is 84.7 Å². The Bertz CT molecular complexity index is 525. The zero-order valence-electron chi connectivity index (χ0n) is 12.2. The van der Waals surface area contributed by atoms with Gasteiger partial charge in [0.1, 0.15) is 0 Å². The van der Waals surface area contributed by atoms with E-state index >= 15 is 0 Å². The molecule has 6 heteroatoms. The number of ether oxygens (including phenoxy) is 1. The summed E-state index contributed by atoms with van der Waals surface area (Å²) >= 11 is 0. The van der Waals surface area contributed by atoms with Gasteiger partial charge in [0.25, 0.3) is 5.91 Å². The van der Waals surface area contributed by atoms with E-state index in [2.05, 4.69) is 5.32 Å². The zero-order chi connectivity index (χ0) is 15.2. The summed E-state index contributed by atoms with van der Waals surface area (Å²) in [4.78, 5) is 25.7. The van der Waals surface area contributed by atoms with Crippen molar-refractivity contribution in [1.29, 1.82) is 0 Å². The number of hydrogen-bond donors (Lipinski definition) is 2. The van der Waals surface area contributed by atoms with Gasteiger partial charge in [0, 0.05) is 37.3 Å². The van der Waals surface area contributed by atoms with Crippen LogP contribution in [-0.4, -0.2) is 49.6 Å². The molecule has 0 saturated carbocycles. The van der Waals surface area contributed by atoms with Gasteiger partial charge in [-0.05, 0) is 30.7 Å². The van der Waals surface area contributed by atoms with E-state index in [9.17, 15) is 9.59 Å². The second-order valence-corrected chi connectivity index (χ2v) is 5.07. The number of rotatable bonds is 4. The van der Waals surface area contributed by atoms with Gasteiger partial charge in [-0.3, -0.25) is 9.59 Å². The van der Waals surface area contributed by atoms with Crippen LogP contribution in [0.4, 0.5) is 5.69 Å². The smallest absolute Gasteiger partial charge is 0.251 e. The molecule has 0 bridgehead atoms. The fourth-order valence-corrected chi connectivity index (χ4v) is 2.17. The molecule has 1 aliphatic rings. The number of hydrogen-bond acceptors (Lipinski definition) is 4. The van der Waals surface area contributed by atoms with Crippen molar-refractivity contribution < 1.29 is 14.3 Å². The Morgan fingerprint density at radius 2 is 2.05 bits per heavy atom. The van der Waals surface area contributed by atoms with Crippen LogP contribution in [0.1, 0.15) is 22.3 Å². The van der Waals surface area contributed by atoms with Crippen LogP contribution in [-0.2, 0) is 9.53 Å². The fourth-order valence-electron chi connectivity index (χ4n) is 2.17. The minimum absolute atomic E-state index is 0.0482. The maximum absolute atomic E-state index is 12.0. The average molecular weight is 291 g/mol. The molecule has 0 spiro atoms. The summed E-state index contributed by atoms with van der Waals surface area (Å²) in [5, 5.41) is 2.76. The largest absolute Gasteiger partial charge is 0.399 e. The van der Waals surface area contributed by atoms with Crippen LogP contribution in [0, 0.1) is 6.92 Å². The van der Waals surface area contributed by atoms with E-state index in [0.29, 0.717) is 50.5 Å². The first-order valence-corrected chi connectivity index (χ1v) is 7.08. The first-order chi connectivity index (χ1) is 10.1. The molecule has 0 atom stereocenters. The summed E-state index contributed by atoms with van der Waals surface area (Å²) in [5.41, 5.74) is 7.80. The Morgan fingerprint density at radius 1 is 1.33 bits per heavy atom. The molecule has 1 fully saturated rings. The molecule has 2 amide bonds. The Hall–Kier alpha value is -2.08. The SMILES string of the molecule is Cc1cc(C(=O)NCCC(=O)N2CCOCC2)ccc1N. The van der Waals surface area contributed by atoms with Crippen molar-refractivity contribution in [2.45, 2.75) is 13.3 Å². The first-order valence-electron chi connectivity index (χ1n) is 7.08. The summed E-state index contributed by atoms with van der Waals surface area (Å²) < 4.78 is 5.20. The number of amides is 2. The molecule has 1 saturated heterocycles. The number of aryl methyl sites for hydroxylation is 1. The normalized spacial score (nSPS) is 14.8. The van der Waals surface area contributed by atoms with Crippen molar-refractivity contribution in [2.75, 3.05) is 38.6 Å². The lowest BCUT2D eigenvalue weighted by Gasteiger charge is -2.26. The number of anilines is 1. The van der Waals surface area contributed by atoms with E-state index < -0.39 is 0 Å². The third-order valence-corrected chi connectivity index (χ3v) is 3.52. The number of nitrogens with one attached hydrogen (secondary N) is 1. The second-order valence-electron chi connectivity index (χ2n) is 5.07. The van der Waals surface area contributed by atoms with Crippen LogP contribution < -0.4 is 11.1 Å². The van der Waals surface area contributed by atoms with Gasteiger partial charge in [-0.25, -0.2) is 0 Å². The maximum Gasteiger partial charge on any atom is 0.251 e. The lowest BCUT2D eigenvalue weighted by Crippen LogP contribution is -2.42. The predicted octanol–water partition coefficient (Wildman–Crippen LogP) is 0.556. The minimum atomic E-state index is -0.187. The number of benzene rings is 1. The molecule has 6 nitrogen and oxygen atoms in total. The molecule has 1 aliphatic heterocycles. The predicted molar refractivity (Wildman–Crippen MR) is 79.9 cm³/mol. The molecule has 1 heterocycles. The summed E-state index contributed by atoms with van der Waals surface area (Å²) in [6, 6.07) is 5.14. The summed E-state index contributed by atoms with van der Waals surface area (Å²) in [7, 11) is 0. The molecule has 0 aliphatic carbocycles. The Morgan fingerprint density at radius 3 is 2.71 bits per heavy atom. The standard InChI is InChI=1S/C15H21N3O3/c1-11-10-12(2-3-13(11)16)15(20)17-5-4-14(19)18-6-8-21-9-7-18/h2-3,10H,4-9,16H2,1H3,(H,17,20). The molecule has 0 aromatic heterocycles. The van der Waals surface area contributed by atoms with Gasteiger partial charge < -0.3 is 20.7 Å². The molecule has 114 valence electrons. The van der Waals surface area contributed by atoms with Gasteiger partial charge in [0.2, 0.25) is 5.91 Å². The molecule has 1 aromatic carbocycles. The van der Waals surface area contributed by atoms with Gasteiger partial charge in [0.05, 0.1) is 13.2 Å². The molecule has 0 radical (unpaired) electrons. The molecule has 3 N–H and O–H groups in total. The zero-order valence-corrected chi connectivity index (χ0v) is 12.2. The number of nitrogens with two attached hydrogens (primary N) is 1. The number of morpholine rings is 1. The number of carbonyl (C=O) groups is 2. The number of nitrogen functional groups attached to an aromatic ring is 1. The minimum Gasteiger partial charge on any atom is -0.399 e. The lowest BCUT2D eigenvalue weighted by atomic mass is 10.1. The van der Waals surface area contributed by atoms with Crippen LogP contribution in [0.5, 0.6) is 0 Å². The van der Waals surface area contributed by atoms with E-state index in [1.807, 2.05) is 6.92 Å². The molecule has 0 unspecified atom stereocenters. The summed E-state index contributed by atoms with van der Waals surface area (Å²) in [6.45, 7) is 4.62. The third kappa shape index (κ3) is 4.19. The van der Waals surface area contributed by atoms with Gasteiger partial charge >= 0.3 is 0 Å². The molecule has 2 rings (SSSR count). The van der Waals surface area contributed by atoms with Crippen molar-refractivity contribution in [2.24, 2.45) is 0 Å². The fraction of sp³-hybridized carbons (Fsp3) is 0.467. The average Bonchev–Trinajstić information content (AvgIpc) is 2.50. The van der Waals surface area contributed by atoms with E-state index in [4.69, 9.17) is 10.5 Å². The first kappa shape index (κ1) is 15.3. The van der Waals surface area contributed by atoms with Crippen LogP contribution in [0.2, 0.25) is 0 Å². The molecular weight excluding hydrogens is 270 g/mol. The van der Waals surface area contributed by atoms with Crippen molar-refractivity contribution in [1.82, 2.24) is 10.2 Å². The molecule has 21 heavy (non-hydrogen) atoms. The van der Waals surface area contributed by atoms with Gasteiger partial charge in [-0.2, -0.15) is 0 Å². The van der Waals surface area contributed by atoms with Crippen LogP contribution in [0.3, 0.4) is 0 Å². The lowest BCUT2D eigenvalue weighted by molar-refractivity contribution is -0.135. The van der Waals surface area contributed by atoms with Crippen LogP contribution in [0.25, 0.3) is 0 Å². The van der Waals surface area contributed by atoms with Gasteiger partial charge in [0.15, 0.2) is 0 Å². The highest BCUT2D eigenvalue weighted by Gasteiger charge is 2.16. The van der Waals surface area contributed by atoms with Crippen LogP contribution in [0.15, 0.2) is 18.2 Å². The Balaban J connectivity index is 1.78. The van der Waals surface area contributed by atoms with Crippen molar-refractivity contribution in [3.63, 3.8) is 0 Å². The van der Waals surface area contributed by atoms with E-state index in [0.717, 1.165) is 5.56 Å². The van der Waals surface area contributed by atoms with E-state index in [1.165, 1.54) is 0 Å². The van der Waals surface area contributed by atoms with Crippen molar-refractivity contribution in [3.8, 4) is 0 Å². The highest BCUT2D eigenvalue weighted by atomic mass is 16.5. The van der Waals surface area contributed by atoms with Gasteiger partial charge in [-0.15, -0.1) is 0 Å². The summed E-state index contributed by atoms with van der Waals surface area (Å²) in [5.74, 6) is -0.139. The van der Waals surface area contributed by atoms with Crippen molar-refractivity contribution >= 4 is 17.5 Å². The Labute approximate surface area is 124 Å². The Kier molecular flexibility index (Phi) is 5.16. The number of nitrogens with zero attached hydrogens (tertiary/aromatic N) is 1. The number of carbonyl (C=O) groups excluding carboxylic acids is 2. The third-order valence-electron chi connectivity index (χ3n) is 3.52.